The van der Waals surface area contributed by atoms with Gasteiger partial charge in [-0.25, -0.2) is 0 Å². The molecule has 1 aromatic heterocycles. The van der Waals surface area contributed by atoms with Crippen molar-refractivity contribution in [3.8, 4) is 0 Å². The lowest BCUT2D eigenvalue weighted by atomic mass is 10.1. The Kier molecular flexibility index (Phi) is 6.33. The molecular weight excluding hydrogens is 240 g/mol. The zero-order valence-corrected chi connectivity index (χ0v) is 13.3. The van der Waals surface area contributed by atoms with Crippen molar-refractivity contribution < 1.29 is 0 Å². The molecule has 0 saturated heterocycles. The third-order valence-corrected chi connectivity index (χ3v) is 4.19. The fourth-order valence-electron chi connectivity index (χ4n) is 1.96. The molecule has 18 heavy (non-hydrogen) atoms. The second-order valence-electron chi connectivity index (χ2n) is 6.00. The van der Waals surface area contributed by atoms with Gasteiger partial charge in [0, 0.05) is 29.5 Å². The van der Waals surface area contributed by atoms with Crippen molar-refractivity contribution in [1.82, 2.24) is 10.2 Å². The van der Waals surface area contributed by atoms with Gasteiger partial charge in [0.1, 0.15) is 0 Å². The maximum absolute atomic E-state index is 3.61. The van der Waals surface area contributed by atoms with E-state index in [1.807, 2.05) is 11.3 Å². The fourth-order valence-corrected chi connectivity index (χ4v) is 2.66. The summed E-state index contributed by atoms with van der Waals surface area (Å²) in [6.45, 7) is 11.2. The molecule has 0 spiro atoms. The first kappa shape index (κ1) is 15.7. The molecule has 0 aromatic carbocycles. The van der Waals surface area contributed by atoms with E-state index in [0.29, 0.717) is 6.04 Å². The summed E-state index contributed by atoms with van der Waals surface area (Å²) in [5.41, 5.74) is 0.210. The van der Waals surface area contributed by atoms with Crippen LogP contribution in [0.3, 0.4) is 0 Å². The fraction of sp³-hybridized carbons (Fsp3) is 0.733. The Morgan fingerprint density at radius 1 is 1.39 bits per heavy atom. The average molecular weight is 268 g/mol. The lowest BCUT2D eigenvalue weighted by Crippen LogP contribution is -2.46. The van der Waals surface area contributed by atoms with Crippen LogP contribution in [-0.2, 0) is 6.42 Å². The Morgan fingerprint density at radius 3 is 2.61 bits per heavy atom. The summed E-state index contributed by atoms with van der Waals surface area (Å²) in [6, 6.07) is 5.00. The lowest BCUT2D eigenvalue weighted by Gasteiger charge is -2.31. The van der Waals surface area contributed by atoms with Crippen LogP contribution >= 0.6 is 11.3 Å². The summed E-state index contributed by atoms with van der Waals surface area (Å²) < 4.78 is 0. The van der Waals surface area contributed by atoms with Gasteiger partial charge >= 0.3 is 0 Å². The van der Waals surface area contributed by atoms with Crippen LogP contribution in [0.15, 0.2) is 17.5 Å². The maximum atomic E-state index is 3.61. The summed E-state index contributed by atoms with van der Waals surface area (Å²) >= 11 is 1.86. The van der Waals surface area contributed by atoms with Crippen molar-refractivity contribution in [3.05, 3.63) is 22.4 Å². The molecule has 0 aliphatic carbocycles. The van der Waals surface area contributed by atoms with Gasteiger partial charge in [-0.1, -0.05) is 13.0 Å². The van der Waals surface area contributed by atoms with Gasteiger partial charge in [-0.05, 0) is 52.1 Å². The molecule has 1 unspecified atom stereocenters. The second-order valence-corrected chi connectivity index (χ2v) is 7.04. The highest BCUT2D eigenvalue weighted by molar-refractivity contribution is 7.09. The first-order valence-corrected chi connectivity index (χ1v) is 7.78. The summed E-state index contributed by atoms with van der Waals surface area (Å²) in [4.78, 5) is 3.97. The molecular formula is C15H28N2S. The van der Waals surface area contributed by atoms with Crippen molar-refractivity contribution in [3.63, 3.8) is 0 Å². The van der Waals surface area contributed by atoms with E-state index >= 15 is 0 Å². The molecule has 1 N–H and O–H groups in total. The van der Waals surface area contributed by atoms with Crippen LogP contribution < -0.4 is 5.32 Å². The molecule has 1 rings (SSSR count). The number of hydrogen-bond donors (Lipinski definition) is 1. The number of thiophene rings is 1. The highest BCUT2D eigenvalue weighted by atomic mass is 32.1. The monoisotopic (exact) mass is 268 g/mol. The Morgan fingerprint density at radius 2 is 2.11 bits per heavy atom. The number of nitrogens with one attached hydrogen (secondary N) is 1. The van der Waals surface area contributed by atoms with Gasteiger partial charge in [0.2, 0.25) is 0 Å². The van der Waals surface area contributed by atoms with E-state index in [-0.39, 0.29) is 5.54 Å². The highest BCUT2D eigenvalue weighted by Crippen LogP contribution is 2.11. The maximum Gasteiger partial charge on any atom is 0.0215 e. The van der Waals surface area contributed by atoms with Crippen LogP contribution in [0.4, 0.5) is 0 Å². The first-order valence-electron chi connectivity index (χ1n) is 6.90. The molecule has 0 fully saturated rings. The lowest BCUT2D eigenvalue weighted by molar-refractivity contribution is 0.218. The molecule has 1 aromatic rings. The molecule has 1 atom stereocenters. The van der Waals surface area contributed by atoms with Crippen LogP contribution in [-0.4, -0.2) is 36.6 Å². The van der Waals surface area contributed by atoms with E-state index in [0.717, 1.165) is 13.1 Å². The average Bonchev–Trinajstić information content (AvgIpc) is 2.78. The summed E-state index contributed by atoms with van der Waals surface area (Å²) in [6.07, 6.45) is 2.37. The molecule has 0 aliphatic heterocycles. The van der Waals surface area contributed by atoms with Gasteiger partial charge in [0.05, 0.1) is 0 Å². The summed E-state index contributed by atoms with van der Waals surface area (Å²) in [5.74, 6) is 0. The largest absolute Gasteiger partial charge is 0.311 e. The van der Waals surface area contributed by atoms with Crippen molar-refractivity contribution in [2.45, 2.75) is 52.1 Å². The van der Waals surface area contributed by atoms with E-state index in [4.69, 9.17) is 0 Å². The SMILES string of the molecule is CCC(CNC(C)(C)C)N(C)CCc1cccs1. The minimum Gasteiger partial charge on any atom is -0.311 e. The van der Waals surface area contributed by atoms with Crippen LogP contribution in [0.1, 0.15) is 39.0 Å². The van der Waals surface area contributed by atoms with Gasteiger partial charge in [-0.15, -0.1) is 11.3 Å². The first-order chi connectivity index (χ1) is 8.42. The van der Waals surface area contributed by atoms with E-state index in [2.05, 4.69) is 62.5 Å². The predicted octanol–water partition coefficient (Wildman–Crippen LogP) is 3.39. The van der Waals surface area contributed by atoms with Crippen LogP contribution in [0.25, 0.3) is 0 Å². The Labute approximate surface area is 116 Å². The van der Waals surface area contributed by atoms with E-state index < -0.39 is 0 Å². The van der Waals surface area contributed by atoms with E-state index in [9.17, 15) is 0 Å². The second kappa shape index (κ2) is 7.27. The van der Waals surface area contributed by atoms with Crippen molar-refractivity contribution in [2.24, 2.45) is 0 Å². The molecule has 0 radical (unpaired) electrons. The predicted molar refractivity (Wildman–Crippen MR) is 82.5 cm³/mol. The highest BCUT2D eigenvalue weighted by Gasteiger charge is 2.16. The molecule has 0 bridgehead atoms. The number of nitrogens with zero attached hydrogens (tertiary/aromatic N) is 1. The van der Waals surface area contributed by atoms with Gasteiger partial charge in [0.25, 0.3) is 0 Å². The van der Waals surface area contributed by atoms with Gasteiger partial charge < -0.3 is 10.2 Å². The van der Waals surface area contributed by atoms with Crippen LogP contribution in [0, 0.1) is 0 Å². The zero-order chi connectivity index (χ0) is 13.6. The van der Waals surface area contributed by atoms with Crippen molar-refractivity contribution >= 4 is 11.3 Å². The molecule has 0 aliphatic rings. The smallest absolute Gasteiger partial charge is 0.0215 e. The Hall–Kier alpha value is -0.380. The van der Waals surface area contributed by atoms with Crippen molar-refractivity contribution in [2.75, 3.05) is 20.1 Å². The molecule has 104 valence electrons. The zero-order valence-electron chi connectivity index (χ0n) is 12.5. The Bertz CT molecular complexity index is 314. The third kappa shape index (κ3) is 5.98. The Balaban J connectivity index is 2.34. The topological polar surface area (TPSA) is 15.3 Å². The molecule has 2 nitrogen and oxygen atoms in total. The third-order valence-electron chi connectivity index (χ3n) is 3.25. The molecule has 1 heterocycles. The van der Waals surface area contributed by atoms with Gasteiger partial charge in [0.15, 0.2) is 0 Å². The van der Waals surface area contributed by atoms with Gasteiger partial charge in [-0.3, -0.25) is 0 Å². The normalized spacial score (nSPS) is 14.1. The van der Waals surface area contributed by atoms with Crippen LogP contribution in [0.2, 0.25) is 0 Å². The van der Waals surface area contributed by atoms with Gasteiger partial charge in [-0.2, -0.15) is 0 Å². The number of likely N-dealkylation sites (N-methyl/N-ethyl adjacent to an activating group) is 1. The number of rotatable bonds is 7. The standard InChI is InChI=1S/C15H28N2S/c1-6-13(12-16-15(2,3)4)17(5)10-9-14-8-7-11-18-14/h7-8,11,13,16H,6,9-10,12H2,1-5H3. The summed E-state index contributed by atoms with van der Waals surface area (Å²) in [7, 11) is 2.24. The molecule has 0 amide bonds. The molecule has 3 heteroatoms. The van der Waals surface area contributed by atoms with E-state index in [1.165, 1.54) is 17.7 Å². The van der Waals surface area contributed by atoms with Crippen molar-refractivity contribution in [1.29, 1.82) is 0 Å². The minimum absolute atomic E-state index is 0.210. The molecule has 0 saturated carbocycles. The van der Waals surface area contributed by atoms with Crippen LogP contribution in [0.5, 0.6) is 0 Å². The van der Waals surface area contributed by atoms with E-state index in [1.54, 1.807) is 0 Å². The quantitative estimate of drug-likeness (QED) is 0.815. The minimum atomic E-state index is 0.210. The summed E-state index contributed by atoms with van der Waals surface area (Å²) in [5, 5.41) is 5.77. The number of hydrogen-bond acceptors (Lipinski definition) is 3.